The number of amides is 3. The molecule has 11 nitrogen and oxygen atoms in total. The molecule has 1 heterocycles. The molecule has 1 aromatic heterocycles. The maximum Gasteiger partial charge on any atom is 0.422 e. The van der Waals surface area contributed by atoms with Crippen LogP contribution in [-0.2, 0) is 17.7 Å². The van der Waals surface area contributed by atoms with E-state index in [2.05, 4.69) is 9.97 Å². The van der Waals surface area contributed by atoms with Crippen molar-refractivity contribution in [3.05, 3.63) is 69.8 Å². The summed E-state index contributed by atoms with van der Waals surface area (Å²) in [5.74, 6) is -1.07. The van der Waals surface area contributed by atoms with E-state index in [9.17, 15) is 29.7 Å². The molecule has 0 saturated carbocycles. The summed E-state index contributed by atoms with van der Waals surface area (Å²) in [5.41, 5.74) is 0.809. The molecule has 0 aliphatic carbocycles. The summed E-state index contributed by atoms with van der Waals surface area (Å²) in [6.45, 7) is 4.44. The highest BCUT2D eigenvalue weighted by Gasteiger charge is 2.34. The number of carbonyl (C=O) groups is 3. The van der Waals surface area contributed by atoms with Crippen LogP contribution in [0.4, 0.5) is 26.0 Å². The monoisotopic (exact) mass is 576 g/mol. The number of aliphatic hydroxyl groups is 1. The second-order valence-electron chi connectivity index (χ2n) is 9.24. The first-order valence-corrected chi connectivity index (χ1v) is 12.3. The standard InChI is InChI=1S/C26H26Cl2N4O7/c1-26(2,3)39-25(38)31(14-17-18(27)8-5-9-19(17)28)22-21(32(23(34)35)24(36)37)29-13-20(30-22)16-7-4-6-15(12-16)10-11-33/h4-9,12-13,33H,10-11,14H2,1-3H3,(H,34,35)(H,36,37). The molecule has 0 bridgehead atoms. The molecule has 0 saturated heterocycles. The molecule has 0 aliphatic rings. The highest BCUT2D eigenvalue weighted by atomic mass is 35.5. The van der Waals surface area contributed by atoms with E-state index in [1.165, 1.54) is 6.20 Å². The van der Waals surface area contributed by atoms with E-state index in [1.807, 2.05) is 0 Å². The van der Waals surface area contributed by atoms with Crippen molar-refractivity contribution in [3.8, 4) is 11.3 Å². The summed E-state index contributed by atoms with van der Waals surface area (Å²) in [6.07, 6.45) is -3.15. The third-order valence-corrected chi connectivity index (χ3v) is 5.91. The molecule has 0 aliphatic heterocycles. The molecule has 2 aromatic carbocycles. The fraction of sp³-hybridized carbons (Fsp3) is 0.269. The first-order valence-electron chi connectivity index (χ1n) is 11.6. The maximum atomic E-state index is 13.5. The Hall–Kier alpha value is -3.93. The molecule has 13 heteroatoms. The summed E-state index contributed by atoms with van der Waals surface area (Å²) in [4.78, 5) is 46.8. The van der Waals surface area contributed by atoms with Crippen LogP contribution in [0, 0.1) is 0 Å². The molecule has 0 radical (unpaired) electrons. The Morgan fingerprint density at radius 2 is 1.59 bits per heavy atom. The van der Waals surface area contributed by atoms with E-state index >= 15 is 0 Å². The molecule has 3 rings (SSSR count). The number of ether oxygens (including phenoxy) is 1. The number of halogens is 2. The van der Waals surface area contributed by atoms with Crippen molar-refractivity contribution >= 4 is 53.1 Å². The second-order valence-corrected chi connectivity index (χ2v) is 10.1. The third-order valence-electron chi connectivity index (χ3n) is 5.20. The molecule has 0 spiro atoms. The lowest BCUT2D eigenvalue weighted by molar-refractivity contribution is 0.0576. The molecule has 3 aromatic rings. The Bertz CT molecular complexity index is 1360. The topological polar surface area (TPSA) is 153 Å². The fourth-order valence-corrected chi connectivity index (χ4v) is 4.03. The second kappa shape index (κ2) is 12.3. The van der Waals surface area contributed by atoms with Crippen LogP contribution in [0.25, 0.3) is 11.3 Å². The van der Waals surface area contributed by atoms with Crippen molar-refractivity contribution in [1.82, 2.24) is 9.97 Å². The Morgan fingerprint density at radius 1 is 0.974 bits per heavy atom. The number of anilines is 2. The van der Waals surface area contributed by atoms with Gasteiger partial charge < -0.3 is 20.1 Å². The zero-order chi connectivity index (χ0) is 28.9. The summed E-state index contributed by atoms with van der Waals surface area (Å²) < 4.78 is 5.55. The fourth-order valence-electron chi connectivity index (χ4n) is 3.51. The van der Waals surface area contributed by atoms with Gasteiger partial charge in [-0.05, 0) is 51.0 Å². The van der Waals surface area contributed by atoms with Gasteiger partial charge in [0.1, 0.15) is 5.60 Å². The van der Waals surface area contributed by atoms with Crippen molar-refractivity contribution < 1.29 is 34.4 Å². The molecule has 3 N–H and O–H groups in total. The van der Waals surface area contributed by atoms with Crippen molar-refractivity contribution in [2.24, 2.45) is 0 Å². The number of nitrogens with zero attached hydrogens (tertiary/aromatic N) is 4. The molecule has 0 unspecified atom stereocenters. The predicted molar refractivity (Wildman–Crippen MR) is 146 cm³/mol. The highest BCUT2D eigenvalue weighted by molar-refractivity contribution is 6.36. The number of carbonyl (C=O) groups excluding carboxylic acids is 1. The zero-order valence-electron chi connectivity index (χ0n) is 21.3. The van der Waals surface area contributed by atoms with Crippen molar-refractivity contribution in [3.63, 3.8) is 0 Å². The Kier molecular flexibility index (Phi) is 9.33. The van der Waals surface area contributed by atoms with Crippen LogP contribution in [0.15, 0.2) is 48.7 Å². The quantitative estimate of drug-likeness (QED) is 0.303. The van der Waals surface area contributed by atoms with Gasteiger partial charge in [-0.2, -0.15) is 4.90 Å². The number of benzene rings is 2. The Morgan fingerprint density at radius 3 is 2.15 bits per heavy atom. The van der Waals surface area contributed by atoms with Crippen molar-refractivity contribution in [2.75, 3.05) is 16.4 Å². The van der Waals surface area contributed by atoms with E-state index in [1.54, 1.807) is 63.2 Å². The van der Waals surface area contributed by atoms with Crippen LogP contribution in [0.3, 0.4) is 0 Å². The van der Waals surface area contributed by atoms with Crippen LogP contribution < -0.4 is 9.80 Å². The van der Waals surface area contributed by atoms with Crippen LogP contribution in [-0.4, -0.2) is 55.8 Å². The van der Waals surface area contributed by atoms with Crippen LogP contribution in [0.2, 0.25) is 10.0 Å². The number of imide groups is 1. The van der Waals surface area contributed by atoms with Gasteiger partial charge in [-0.3, -0.25) is 4.90 Å². The molecule has 0 fully saturated rings. The van der Waals surface area contributed by atoms with Crippen molar-refractivity contribution in [2.45, 2.75) is 39.3 Å². The Balaban J connectivity index is 2.30. The van der Waals surface area contributed by atoms with Crippen LogP contribution in [0.5, 0.6) is 0 Å². The Labute approximate surface area is 234 Å². The number of hydrogen-bond donors (Lipinski definition) is 3. The van der Waals surface area contributed by atoms with E-state index in [0.29, 0.717) is 12.0 Å². The lowest BCUT2D eigenvalue weighted by Crippen LogP contribution is -2.41. The van der Waals surface area contributed by atoms with Gasteiger partial charge in [-0.25, -0.2) is 24.4 Å². The summed E-state index contributed by atoms with van der Waals surface area (Å²) in [5, 5.41) is 29.0. The number of aliphatic hydroxyl groups excluding tert-OH is 1. The van der Waals surface area contributed by atoms with Gasteiger partial charge in [-0.1, -0.05) is 47.5 Å². The summed E-state index contributed by atoms with van der Waals surface area (Å²) >= 11 is 12.7. The summed E-state index contributed by atoms with van der Waals surface area (Å²) in [6, 6.07) is 11.7. The van der Waals surface area contributed by atoms with Gasteiger partial charge in [0, 0.05) is 27.8 Å². The number of carboxylic acid groups (broad SMARTS) is 2. The maximum absolute atomic E-state index is 13.5. The SMILES string of the molecule is CC(C)(C)OC(=O)N(Cc1c(Cl)cccc1Cl)c1nc(-c2cccc(CCO)c2)cnc1N(C(=O)O)C(=O)O. The van der Waals surface area contributed by atoms with Gasteiger partial charge in [0.2, 0.25) is 0 Å². The van der Waals surface area contributed by atoms with Gasteiger partial charge in [0.05, 0.1) is 18.4 Å². The molecule has 206 valence electrons. The number of aromatic nitrogens is 2. The lowest BCUT2D eigenvalue weighted by atomic mass is 10.1. The van der Waals surface area contributed by atoms with Crippen LogP contribution in [0.1, 0.15) is 31.9 Å². The predicted octanol–water partition coefficient (Wildman–Crippen LogP) is 6.09. The normalized spacial score (nSPS) is 11.1. The number of rotatable bonds is 7. The van der Waals surface area contributed by atoms with Gasteiger partial charge in [0.15, 0.2) is 11.6 Å². The first-order chi connectivity index (χ1) is 18.3. The van der Waals surface area contributed by atoms with Crippen molar-refractivity contribution in [1.29, 1.82) is 0 Å². The van der Waals surface area contributed by atoms with E-state index in [4.69, 9.17) is 27.9 Å². The largest absolute Gasteiger partial charge is 0.464 e. The highest BCUT2D eigenvalue weighted by Crippen LogP contribution is 2.34. The molecule has 0 atom stereocenters. The molecular formula is C26H26Cl2N4O7. The minimum Gasteiger partial charge on any atom is -0.464 e. The summed E-state index contributed by atoms with van der Waals surface area (Å²) in [7, 11) is 0. The van der Waals surface area contributed by atoms with E-state index in [-0.39, 0.29) is 39.4 Å². The van der Waals surface area contributed by atoms with E-state index in [0.717, 1.165) is 10.5 Å². The number of hydrogen-bond acceptors (Lipinski definition) is 7. The average molecular weight is 577 g/mol. The minimum absolute atomic E-state index is 0.0557. The lowest BCUT2D eigenvalue weighted by Gasteiger charge is -2.29. The molecular weight excluding hydrogens is 551 g/mol. The van der Waals surface area contributed by atoms with Gasteiger partial charge >= 0.3 is 18.3 Å². The molecule has 3 amide bonds. The van der Waals surface area contributed by atoms with Gasteiger partial charge in [-0.15, -0.1) is 0 Å². The minimum atomic E-state index is -1.87. The van der Waals surface area contributed by atoms with Gasteiger partial charge in [0.25, 0.3) is 0 Å². The van der Waals surface area contributed by atoms with E-state index < -0.39 is 35.5 Å². The zero-order valence-corrected chi connectivity index (χ0v) is 22.8. The first kappa shape index (κ1) is 29.6. The smallest absolute Gasteiger partial charge is 0.422 e. The van der Waals surface area contributed by atoms with Crippen LogP contribution >= 0.6 is 23.2 Å². The third kappa shape index (κ3) is 7.34. The molecule has 39 heavy (non-hydrogen) atoms. The average Bonchev–Trinajstić information content (AvgIpc) is 2.83.